The van der Waals surface area contributed by atoms with Crippen LogP contribution in [0.2, 0.25) is 10.0 Å². The van der Waals surface area contributed by atoms with Crippen LogP contribution in [0.1, 0.15) is 31.5 Å². The van der Waals surface area contributed by atoms with Gasteiger partial charge in [-0.1, -0.05) is 23.2 Å². The van der Waals surface area contributed by atoms with Crippen molar-refractivity contribution < 1.29 is 37.0 Å². The molecular weight excluding hydrogens is 538 g/mol. The summed E-state index contributed by atoms with van der Waals surface area (Å²) in [5.74, 6) is -2.65. The minimum atomic E-state index is -4.69. The molecule has 0 spiro atoms. The number of hydrogen-bond acceptors (Lipinski definition) is 6. The second kappa shape index (κ2) is 9.00. The Balaban J connectivity index is 1.63. The van der Waals surface area contributed by atoms with Crippen molar-refractivity contribution in [2.24, 2.45) is 0 Å². The van der Waals surface area contributed by atoms with Crippen LogP contribution >= 0.6 is 23.2 Å². The molecule has 2 amide bonds. The molecule has 1 aromatic carbocycles. The quantitative estimate of drug-likeness (QED) is 0.527. The molecular formula is C24H22Cl2F3N3O5. The second-order valence-electron chi connectivity index (χ2n) is 9.43. The van der Waals surface area contributed by atoms with Gasteiger partial charge in [0, 0.05) is 12.2 Å². The zero-order valence-electron chi connectivity index (χ0n) is 19.9. The van der Waals surface area contributed by atoms with Gasteiger partial charge in [0.15, 0.2) is 17.6 Å². The van der Waals surface area contributed by atoms with Crippen molar-refractivity contribution in [3.8, 4) is 5.75 Å². The predicted octanol–water partition coefficient (Wildman–Crippen LogP) is 4.77. The third kappa shape index (κ3) is 4.52. The molecule has 2 saturated heterocycles. The Morgan fingerprint density at radius 2 is 1.92 bits per heavy atom. The van der Waals surface area contributed by atoms with E-state index in [0.29, 0.717) is 12.1 Å². The van der Waals surface area contributed by atoms with E-state index in [2.05, 4.69) is 4.98 Å². The minimum Gasteiger partial charge on any atom is -0.490 e. The molecule has 0 saturated carbocycles. The maximum Gasteiger partial charge on any atom is 0.416 e. The molecule has 198 valence electrons. The van der Waals surface area contributed by atoms with Gasteiger partial charge in [0.05, 0.1) is 22.9 Å². The monoisotopic (exact) mass is 559 g/mol. The predicted molar refractivity (Wildman–Crippen MR) is 128 cm³/mol. The summed E-state index contributed by atoms with van der Waals surface area (Å²) >= 11 is 12.5. The third-order valence-corrected chi connectivity index (χ3v) is 7.11. The topological polar surface area (TPSA) is 81.2 Å². The summed E-state index contributed by atoms with van der Waals surface area (Å²) in [5.41, 5.74) is -0.653. The second-order valence-corrected chi connectivity index (χ2v) is 10.2. The highest BCUT2D eigenvalue weighted by Gasteiger charge is 2.61. The van der Waals surface area contributed by atoms with E-state index in [0.717, 1.165) is 17.0 Å². The summed E-state index contributed by atoms with van der Waals surface area (Å²) in [6, 6.07) is 3.32. The number of carbonyl (C=O) groups excluding carboxylic acids is 2. The van der Waals surface area contributed by atoms with Gasteiger partial charge in [-0.3, -0.25) is 14.5 Å². The molecule has 0 aliphatic carbocycles. The van der Waals surface area contributed by atoms with Crippen molar-refractivity contribution in [2.45, 2.75) is 57.4 Å². The van der Waals surface area contributed by atoms with Gasteiger partial charge < -0.3 is 19.1 Å². The Hall–Kier alpha value is -2.60. The summed E-state index contributed by atoms with van der Waals surface area (Å²) in [4.78, 5) is 34.2. The van der Waals surface area contributed by atoms with Crippen LogP contribution in [0.3, 0.4) is 0 Å². The highest BCUT2D eigenvalue weighted by Crippen LogP contribution is 2.45. The number of pyridine rings is 1. The lowest BCUT2D eigenvalue weighted by molar-refractivity contribution is -0.161. The van der Waals surface area contributed by atoms with E-state index in [1.165, 1.54) is 17.9 Å². The first kappa shape index (κ1) is 26.0. The van der Waals surface area contributed by atoms with Gasteiger partial charge in [0.25, 0.3) is 11.8 Å². The van der Waals surface area contributed by atoms with Crippen LogP contribution in [0, 0.1) is 6.92 Å². The number of halogens is 5. The average molecular weight is 560 g/mol. The molecule has 13 heteroatoms. The SMILES string of the molecule is Cc1cc(C(F)(F)F)cc(N2C(=O)[C@H]3OC(C)(C)O[C@H]3[C@H]2C(=O)N2CCCOc3c2ccc(Cl)c3Cl)n1. The van der Waals surface area contributed by atoms with E-state index in [1.807, 2.05) is 0 Å². The summed E-state index contributed by atoms with van der Waals surface area (Å²) in [7, 11) is 0. The van der Waals surface area contributed by atoms with Crippen LogP contribution in [-0.4, -0.2) is 54.0 Å². The molecule has 5 rings (SSSR count). The lowest BCUT2D eigenvalue weighted by Crippen LogP contribution is -2.52. The molecule has 8 nitrogen and oxygen atoms in total. The molecule has 1 aromatic heterocycles. The Labute approximate surface area is 220 Å². The van der Waals surface area contributed by atoms with Crippen molar-refractivity contribution in [2.75, 3.05) is 23.0 Å². The first-order chi connectivity index (χ1) is 17.3. The normalized spacial score (nSPS) is 25.0. The van der Waals surface area contributed by atoms with Gasteiger partial charge >= 0.3 is 6.18 Å². The van der Waals surface area contributed by atoms with Crippen molar-refractivity contribution in [3.63, 3.8) is 0 Å². The molecule has 3 aliphatic heterocycles. The van der Waals surface area contributed by atoms with Crippen LogP contribution in [-0.2, 0) is 25.2 Å². The number of carbonyl (C=O) groups is 2. The van der Waals surface area contributed by atoms with Crippen molar-refractivity contribution in [1.82, 2.24) is 4.98 Å². The van der Waals surface area contributed by atoms with Gasteiger partial charge in [-0.2, -0.15) is 13.2 Å². The number of alkyl halides is 3. The maximum atomic E-state index is 14.2. The maximum absolute atomic E-state index is 14.2. The summed E-state index contributed by atoms with van der Waals surface area (Å²) in [5, 5.41) is 0.346. The number of aromatic nitrogens is 1. The fraction of sp³-hybridized carbons (Fsp3) is 0.458. The number of nitrogens with zero attached hydrogens (tertiary/aromatic N) is 3. The molecule has 0 unspecified atom stereocenters. The molecule has 4 heterocycles. The highest BCUT2D eigenvalue weighted by atomic mass is 35.5. The first-order valence-corrected chi connectivity index (χ1v) is 12.2. The third-order valence-electron chi connectivity index (χ3n) is 6.32. The lowest BCUT2D eigenvalue weighted by Gasteiger charge is -2.33. The Bertz CT molecular complexity index is 1290. The molecule has 0 radical (unpaired) electrons. The van der Waals surface area contributed by atoms with Crippen molar-refractivity contribution >= 4 is 46.5 Å². The smallest absolute Gasteiger partial charge is 0.416 e. The van der Waals surface area contributed by atoms with E-state index in [4.69, 9.17) is 37.4 Å². The van der Waals surface area contributed by atoms with Crippen LogP contribution in [0.5, 0.6) is 5.75 Å². The van der Waals surface area contributed by atoms with E-state index in [1.54, 1.807) is 19.9 Å². The van der Waals surface area contributed by atoms with Crippen LogP contribution in [0.25, 0.3) is 0 Å². The van der Waals surface area contributed by atoms with Crippen LogP contribution in [0.15, 0.2) is 24.3 Å². The number of anilines is 2. The summed E-state index contributed by atoms with van der Waals surface area (Å²) in [6.07, 6.45) is -6.57. The number of fused-ring (bicyclic) bond motifs is 2. The van der Waals surface area contributed by atoms with Crippen LogP contribution < -0.4 is 14.5 Å². The molecule has 37 heavy (non-hydrogen) atoms. The number of rotatable bonds is 2. The molecule has 3 aliphatic rings. The Kier molecular flexibility index (Phi) is 6.33. The van der Waals surface area contributed by atoms with Gasteiger partial charge in [0.1, 0.15) is 23.0 Å². The van der Waals surface area contributed by atoms with Crippen molar-refractivity contribution in [3.05, 3.63) is 45.6 Å². The van der Waals surface area contributed by atoms with Gasteiger partial charge in [-0.15, -0.1) is 0 Å². The van der Waals surface area contributed by atoms with E-state index in [9.17, 15) is 22.8 Å². The largest absolute Gasteiger partial charge is 0.490 e. The zero-order chi connectivity index (χ0) is 26.9. The molecule has 3 atom stereocenters. The van der Waals surface area contributed by atoms with Crippen molar-refractivity contribution in [1.29, 1.82) is 0 Å². The van der Waals surface area contributed by atoms with E-state index >= 15 is 0 Å². The zero-order valence-corrected chi connectivity index (χ0v) is 21.4. The highest BCUT2D eigenvalue weighted by molar-refractivity contribution is 6.43. The number of benzene rings is 1. The standard InChI is InChI=1S/C24H22Cl2F3N3O5/c1-11-9-12(24(27,28)29)10-15(30-11)32-17(19-20(22(32)34)37-23(2,3)36-19)21(33)31-7-4-8-35-18-14(31)6-5-13(25)16(18)26/h5-6,9-10,17,19-20H,4,7-8H2,1-3H3/t17-,19-,20-/m0/s1. The number of ether oxygens (including phenoxy) is 3. The minimum absolute atomic E-state index is 0.0259. The Morgan fingerprint density at radius 1 is 1.19 bits per heavy atom. The number of aryl methyl sites for hydroxylation is 1. The molecule has 2 aromatic rings. The number of hydrogen-bond donors (Lipinski definition) is 0. The number of amides is 2. The Morgan fingerprint density at radius 3 is 2.62 bits per heavy atom. The van der Waals surface area contributed by atoms with E-state index in [-0.39, 0.29) is 40.5 Å². The molecule has 0 bridgehead atoms. The lowest BCUT2D eigenvalue weighted by atomic mass is 10.1. The summed E-state index contributed by atoms with van der Waals surface area (Å²) in [6.45, 7) is 5.00. The van der Waals surface area contributed by atoms with Gasteiger partial charge in [-0.05, 0) is 51.5 Å². The molecule has 0 N–H and O–H groups in total. The van der Waals surface area contributed by atoms with E-state index < -0.39 is 47.6 Å². The fourth-order valence-electron chi connectivity index (χ4n) is 4.85. The first-order valence-electron chi connectivity index (χ1n) is 11.5. The van der Waals surface area contributed by atoms with Crippen LogP contribution in [0.4, 0.5) is 24.7 Å². The van der Waals surface area contributed by atoms with Gasteiger partial charge in [0.2, 0.25) is 0 Å². The molecule has 2 fully saturated rings. The summed E-state index contributed by atoms with van der Waals surface area (Å²) < 4.78 is 58.2. The fourth-order valence-corrected chi connectivity index (χ4v) is 5.22. The average Bonchev–Trinajstić information content (AvgIpc) is 3.14. The van der Waals surface area contributed by atoms with Gasteiger partial charge in [-0.25, -0.2) is 4.98 Å².